The average Bonchev–Trinajstić information content (AvgIpc) is 2.39. The van der Waals surface area contributed by atoms with Gasteiger partial charge in [0.05, 0.1) is 12.2 Å². The number of aromatic nitrogens is 1. The third kappa shape index (κ3) is 4.87. The summed E-state index contributed by atoms with van der Waals surface area (Å²) in [5.74, 6) is -0.234. The Labute approximate surface area is 114 Å². The summed E-state index contributed by atoms with van der Waals surface area (Å²) in [7, 11) is 1.89. The molecular formula is C14H22N2O3. The number of pyridine rings is 1. The van der Waals surface area contributed by atoms with Gasteiger partial charge in [-0.05, 0) is 25.5 Å². The van der Waals surface area contributed by atoms with Crippen molar-refractivity contribution in [2.24, 2.45) is 0 Å². The molecule has 0 saturated heterocycles. The molecule has 0 bridgehead atoms. The lowest BCUT2D eigenvalue weighted by Gasteiger charge is -2.19. The summed E-state index contributed by atoms with van der Waals surface area (Å²) in [6, 6.07) is 3.25. The largest absolute Gasteiger partial charge is 0.478 e. The van der Waals surface area contributed by atoms with Crippen LogP contribution in [-0.4, -0.2) is 42.9 Å². The van der Waals surface area contributed by atoms with E-state index in [0.717, 1.165) is 18.5 Å². The van der Waals surface area contributed by atoms with Crippen LogP contribution in [0.4, 0.5) is 5.82 Å². The molecule has 0 fully saturated rings. The van der Waals surface area contributed by atoms with Crippen molar-refractivity contribution in [2.75, 3.05) is 31.7 Å². The number of rotatable bonds is 8. The maximum absolute atomic E-state index is 11.1. The maximum atomic E-state index is 11.1. The fraction of sp³-hybridized carbons (Fsp3) is 0.571. The van der Waals surface area contributed by atoms with Crippen LogP contribution in [0.1, 0.15) is 36.3 Å². The molecule has 0 amide bonds. The zero-order valence-electron chi connectivity index (χ0n) is 11.8. The Bertz CT molecular complexity index is 421. The average molecular weight is 266 g/mol. The predicted octanol–water partition coefficient (Wildman–Crippen LogP) is 2.21. The summed E-state index contributed by atoms with van der Waals surface area (Å²) in [6.07, 6.45) is 1.73. The van der Waals surface area contributed by atoms with Crippen LogP contribution in [0.5, 0.6) is 0 Å². The van der Waals surface area contributed by atoms with E-state index in [1.807, 2.05) is 25.8 Å². The molecule has 0 aliphatic heterocycles. The lowest BCUT2D eigenvalue weighted by Crippen LogP contribution is -2.24. The number of carboxylic acid groups (broad SMARTS) is 1. The van der Waals surface area contributed by atoms with Crippen molar-refractivity contribution in [1.29, 1.82) is 0 Å². The maximum Gasteiger partial charge on any atom is 0.335 e. The molecule has 0 radical (unpaired) electrons. The highest BCUT2D eigenvalue weighted by Gasteiger charge is 2.11. The Morgan fingerprint density at radius 1 is 1.42 bits per heavy atom. The number of hydrogen-bond acceptors (Lipinski definition) is 4. The summed E-state index contributed by atoms with van der Waals surface area (Å²) >= 11 is 0. The van der Waals surface area contributed by atoms with Crippen molar-refractivity contribution in [3.8, 4) is 0 Å². The lowest BCUT2D eigenvalue weighted by molar-refractivity contribution is 0.0696. The minimum Gasteiger partial charge on any atom is -0.478 e. The van der Waals surface area contributed by atoms with Gasteiger partial charge in [0.25, 0.3) is 0 Å². The molecule has 19 heavy (non-hydrogen) atoms. The van der Waals surface area contributed by atoms with Gasteiger partial charge in [-0.2, -0.15) is 0 Å². The van der Waals surface area contributed by atoms with Gasteiger partial charge in [0, 0.05) is 25.9 Å². The van der Waals surface area contributed by atoms with Crippen LogP contribution in [0.3, 0.4) is 0 Å². The molecule has 0 unspecified atom stereocenters. The van der Waals surface area contributed by atoms with Crippen molar-refractivity contribution < 1.29 is 14.6 Å². The highest BCUT2D eigenvalue weighted by Crippen LogP contribution is 2.15. The number of hydrogen-bond donors (Lipinski definition) is 1. The number of ether oxygens (including phenoxy) is 1. The van der Waals surface area contributed by atoms with Crippen molar-refractivity contribution in [2.45, 2.75) is 26.7 Å². The Morgan fingerprint density at radius 2 is 2.16 bits per heavy atom. The van der Waals surface area contributed by atoms with E-state index in [1.165, 1.54) is 0 Å². The first-order chi connectivity index (χ1) is 9.08. The molecule has 5 heteroatoms. The predicted molar refractivity (Wildman–Crippen MR) is 75.0 cm³/mol. The minimum atomic E-state index is -0.917. The van der Waals surface area contributed by atoms with Crippen molar-refractivity contribution in [3.05, 3.63) is 23.4 Å². The third-order valence-electron chi connectivity index (χ3n) is 2.78. The molecule has 0 spiro atoms. The van der Waals surface area contributed by atoms with E-state index >= 15 is 0 Å². The second-order valence-corrected chi connectivity index (χ2v) is 4.38. The SMILES string of the molecule is CCCc1cc(C(=O)O)cc(N(C)CCOCC)n1. The quantitative estimate of drug-likeness (QED) is 0.731. The molecule has 1 rings (SSSR count). The summed E-state index contributed by atoms with van der Waals surface area (Å²) in [6.45, 7) is 5.97. The zero-order chi connectivity index (χ0) is 14.3. The normalized spacial score (nSPS) is 10.5. The van der Waals surface area contributed by atoms with E-state index in [4.69, 9.17) is 9.84 Å². The van der Waals surface area contributed by atoms with Crippen LogP contribution in [0.2, 0.25) is 0 Å². The van der Waals surface area contributed by atoms with Crippen LogP contribution in [-0.2, 0) is 11.2 Å². The van der Waals surface area contributed by atoms with Crippen LogP contribution in [0.25, 0.3) is 0 Å². The van der Waals surface area contributed by atoms with E-state index in [9.17, 15) is 4.79 Å². The number of carboxylic acids is 1. The second kappa shape index (κ2) is 7.74. The van der Waals surface area contributed by atoms with E-state index in [2.05, 4.69) is 4.98 Å². The van der Waals surface area contributed by atoms with E-state index < -0.39 is 5.97 Å². The summed E-state index contributed by atoms with van der Waals surface area (Å²) in [5, 5.41) is 9.13. The fourth-order valence-corrected chi connectivity index (χ4v) is 1.74. The first kappa shape index (κ1) is 15.4. The third-order valence-corrected chi connectivity index (χ3v) is 2.78. The number of likely N-dealkylation sites (N-methyl/N-ethyl adjacent to an activating group) is 1. The van der Waals surface area contributed by atoms with Gasteiger partial charge in [-0.1, -0.05) is 13.3 Å². The van der Waals surface area contributed by atoms with E-state index in [0.29, 0.717) is 25.6 Å². The number of nitrogens with zero attached hydrogens (tertiary/aromatic N) is 2. The highest BCUT2D eigenvalue weighted by atomic mass is 16.5. The Hall–Kier alpha value is -1.62. The van der Waals surface area contributed by atoms with Gasteiger partial charge in [-0.25, -0.2) is 9.78 Å². The van der Waals surface area contributed by atoms with Crippen LogP contribution in [0, 0.1) is 0 Å². The molecule has 0 aliphatic rings. The first-order valence-electron chi connectivity index (χ1n) is 6.61. The lowest BCUT2D eigenvalue weighted by atomic mass is 10.1. The van der Waals surface area contributed by atoms with Crippen molar-refractivity contribution in [3.63, 3.8) is 0 Å². The molecule has 106 valence electrons. The van der Waals surface area contributed by atoms with Crippen LogP contribution < -0.4 is 4.90 Å². The van der Waals surface area contributed by atoms with E-state index in [-0.39, 0.29) is 5.56 Å². The van der Waals surface area contributed by atoms with Gasteiger partial charge in [-0.15, -0.1) is 0 Å². The molecule has 0 aliphatic carbocycles. The van der Waals surface area contributed by atoms with Gasteiger partial charge in [0.15, 0.2) is 0 Å². The number of carbonyl (C=O) groups is 1. The number of anilines is 1. The van der Waals surface area contributed by atoms with Gasteiger partial charge < -0.3 is 14.7 Å². The van der Waals surface area contributed by atoms with Gasteiger partial charge in [0.2, 0.25) is 0 Å². The van der Waals surface area contributed by atoms with Crippen molar-refractivity contribution in [1.82, 2.24) is 4.98 Å². The Morgan fingerprint density at radius 3 is 2.74 bits per heavy atom. The molecule has 0 atom stereocenters. The van der Waals surface area contributed by atoms with Gasteiger partial charge in [0.1, 0.15) is 5.82 Å². The summed E-state index contributed by atoms with van der Waals surface area (Å²) in [5.41, 5.74) is 1.11. The molecule has 1 aromatic heterocycles. The first-order valence-corrected chi connectivity index (χ1v) is 6.61. The smallest absolute Gasteiger partial charge is 0.335 e. The highest BCUT2D eigenvalue weighted by molar-refractivity contribution is 5.88. The van der Waals surface area contributed by atoms with Crippen LogP contribution in [0.15, 0.2) is 12.1 Å². The summed E-state index contributed by atoms with van der Waals surface area (Å²) in [4.78, 5) is 17.5. The summed E-state index contributed by atoms with van der Waals surface area (Å²) < 4.78 is 5.30. The Balaban J connectivity index is 2.88. The second-order valence-electron chi connectivity index (χ2n) is 4.38. The minimum absolute atomic E-state index is 0.289. The molecular weight excluding hydrogens is 244 g/mol. The zero-order valence-corrected chi connectivity index (χ0v) is 11.8. The standard InChI is InChI=1S/C14H22N2O3/c1-4-6-12-9-11(14(17)18)10-13(15-12)16(3)7-8-19-5-2/h9-10H,4-8H2,1-3H3,(H,17,18). The van der Waals surface area contributed by atoms with Crippen molar-refractivity contribution >= 4 is 11.8 Å². The molecule has 1 aromatic rings. The van der Waals surface area contributed by atoms with Gasteiger partial charge >= 0.3 is 5.97 Å². The van der Waals surface area contributed by atoms with Crippen LogP contribution >= 0.6 is 0 Å². The number of aryl methyl sites for hydroxylation is 1. The van der Waals surface area contributed by atoms with E-state index in [1.54, 1.807) is 12.1 Å². The van der Waals surface area contributed by atoms with Gasteiger partial charge in [-0.3, -0.25) is 0 Å². The molecule has 1 heterocycles. The Kier molecular flexibility index (Phi) is 6.29. The number of aromatic carboxylic acids is 1. The fourth-order valence-electron chi connectivity index (χ4n) is 1.74. The molecule has 5 nitrogen and oxygen atoms in total. The molecule has 0 saturated carbocycles. The molecule has 1 N–H and O–H groups in total. The molecule has 0 aromatic carbocycles. The topological polar surface area (TPSA) is 62.7 Å². The monoisotopic (exact) mass is 266 g/mol.